The zero-order valence-electron chi connectivity index (χ0n) is 8.88. The Kier molecular flexibility index (Phi) is 3.97. The predicted octanol–water partition coefficient (Wildman–Crippen LogP) is 2.74. The van der Waals surface area contributed by atoms with Crippen molar-refractivity contribution in [2.45, 2.75) is 26.4 Å². The summed E-state index contributed by atoms with van der Waals surface area (Å²) in [6, 6.07) is 5.60. The quantitative estimate of drug-likeness (QED) is 0.613. The number of nitrogens with two attached hydrogens (primary N) is 1. The first-order valence-corrected chi connectivity index (χ1v) is 5.12. The molecule has 0 bridgehead atoms. The third kappa shape index (κ3) is 3.80. The van der Waals surface area contributed by atoms with Crippen LogP contribution in [-0.2, 0) is 0 Å². The van der Waals surface area contributed by atoms with Gasteiger partial charge in [-0.25, -0.2) is 0 Å². The number of nitrogens with one attached hydrogen (secondary N) is 1. The Morgan fingerprint density at radius 3 is 2.80 bits per heavy atom. The van der Waals surface area contributed by atoms with Gasteiger partial charge in [0.2, 0.25) is 0 Å². The minimum atomic E-state index is -0.136. The van der Waals surface area contributed by atoms with Gasteiger partial charge < -0.3 is 10.5 Å². The van der Waals surface area contributed by atoms with Crippen LogP contribution in [0.1, 0.15) is 18.9 Å². The van der Waals surface area contributed by atoms with E-state index in [9.17, 15) is 0 Å². The Balaban J connectivity index is 2.68. The molecule has 0 fully saturated rings. The van der Waals surface area contributed by atoms with Crippen molar-refractivity contribution in [3.8, 4) is 5.75 Å². The highest BCUT2D eigenvalue weighted by atomic mass is 35.5. The minimum absolute atomic E-state index is 0.116. The van der Waals surface area contributed by atoms with Gasteiger partial charge in [-0.3, -0.25) is 5.41 Å². The first kappa shape index (κ1) is 11.9. The van der Waals surface area contributed by atoms with Crippen LogP contribution in [-0.4, -0.2) is 11.9 Å². The van der Waals surface area contributed by atoms with Gasteiger partial charge in [0.1, 0.15) is 11.9 Å². The number of ether oxygens (including phenoxy) is 1. The summed E-state index contributed by atoms with van der Waals surface area (Å²) < 4.78 is 5.56. The molecule has 4 heteroatoms. The third-order valence-electron chi connectivity index (χ3n) is 1.92. The van der Waals surface area contributed by atoms with E-state index in [2.05, 4.69) is 0 Å². The van der Waals surface area contributed by atoms with Crippen LogP contribution in [0.3, 0.4) is 0 Å². The molecule has 1 unspecified atom stereocenters. The van der Waals surface area contributed by atoms with Crippen LogP contribution >= 0.6 is 11.6 Å². The zero-order valence-corrected chi connectivity index (χ0v) is 9.64. The van der Waals surface area contributed by atoms with Gasteiger partial charge in [0.15, 0.2) is 0 Å². The molecule has 0 radical (unpaired) electrons. The molecule has 0 heterocycles. The zero-order chi connectivity index (χ0) is 11.4. The highest BCUT2D eigenvalue weighted by molar-refractivity contribution is 6.32. The standard InChI is InChI=1S/C11H15ClN2O/c1-7-3-4-10(9(12)5-7)15-8(2)6-11(13)14/h3-5,8H,6H2,1-2H3,(H3,13,14). The fraction of sp³-hybridized carbons (Fsp3) is 0.364. The van der Waals surface area contributed by atoms with Crippen molar-refractivity contribution in [2.24, 2.45) is 5.73 Å². The van der Waals surface area contributed by atoms with Crippen molar-refractivity contribution in [3.63, 3.8) is 0 Å². The fourth-order valence-corrected chi connectivity index (χ4v) is 1.55. The van der Waals surface area contributed by atoms with E-state index in [1.54, 1.807) is 0 Å². The molecule has 0 aliphatic carbocycles. The second-order valence-electron chi connectivity index (χ2n) is 3.59. The molecule has 1 rings (SSSR count). The molecule has 0 aromatic heterocycles. The summed E-state index contributed by atoms with van der Waals surface area (Å²) in [6.07, 6.45) is 0.271. The Bertz CT molecular complexity index is 366. The van der Waals surface area contributed by atoms with Gasteiger partial charge in [0, 0.05) is 6.42 Å². The van der Waals surface area contributed by atoms with E-state index in [-0.39, 0.29) is 11.9 Å². The molecule has 1 atom stereocenters. The summed E-state index contributed by atoms with van der Waals surface area (Å²) in [5.74, 6) is 0.752. The van der Waals surface area contributed by atoms with Gasteiger partial charge in [0.25, 0.3) is 0 Å². The lowest BCUT2D eigenvalue weighted by atomic mass is 10.2. The summed E-state index contributed by atoms with van der Waals surface area (Å²) >= 11 is 6.00. The average Bonchev–Trinajstić information content (AvgIpc) is 2.08. The van der Waals surface area contributed by atoms with E-state index in [1.165, 1.54) is 0 Å². The Morgan fingerprint density at radius 2 is 2.27 bits per heavy atom. The van der Waals surface area contributed by atoms with E-state index < -0.39 is 0 Å². The summed E-state index contributed by atoms with van der Waals surface area (Å²) in [5.41, 5.74) is 6.37. The molecule has 1 aromatic carbocycles. The van der Waals surface area contributed by atoms with Crippen LogP contribution in [0.2, 0.25) is 5.02 Å². The van der Waals surface area contributed by atoms with Crippen molar-refractivity contribution in [3.05, 3.63) is 28.8 Å². The van der Waals surface area contributed by atoms with Crippen molar-refractivity contribution in [1.82, 2.24) is 0 Å². The van der Waals surface area contributed by atoms with Crippen molar-refractivity contribution >= 4 is 17.4 Å². The number of benzene rings is 1. The molecule has 15 heavy (non-hydrogen) atoms. The Hall–Kier alpha value is -1.22. The van der Waals surface area contributed by atoms with E-state index in [4.69, 9.17) is 27.5 Å². The summed E-state index contributed by atoms with van der Waals surface area (Å²) in [6.45, 7) is 3.83. The molecular weight excluding hydrogens is 212 g/mol. The van der Waals surface area contributed by atoms with Crippen LogP contribution in [0.4, 0.5) is 0 Å². The normalized spacial score (nSPS) is 12.2. The number of rotatable bonds is 4. The lowest BCUT2D eigenvalue weighted by Gasteiger charge is -2.15. The van der Waals surface area contributed by atoms with Gasteiger partial charge >= 0.3 is 0 Å². The maximum atomic E-state index is 7.14. The monoisotopic (exact) mass is 226 g/mol. The minimum Gasteiger partial charge on any atom is -0.489 e. The van der Waals surface area contributed by atoms with Crippen molar-refractivity contribution in [1.29, 1.82) is 5.41 Å². The van der Waals surface area contributed by atoms with Gasteiger partial charge in [-0.1, -0.05) is 17.7 Å². The van der Waals surface area contributed by atoms with Crippen LogP contribution in [0, 0.1) is 12.3 Å². The molecule has 3 N–H and O–H groups in total. The van der Waals surface area contributed by atoms with E-state index >= 15 is 0 Å². The van der Waals surface area contributed by atoms with Gasteiger partial charge in [-0.15, -0.1) is 0 Å². The second kappa shape index (κ2) is 5.03. The van der Waals surface area contributed by atoms with Crippen LogP contribution < -0.4 is 10.5 Å². The topological polar surface area (TPSA) is 59.1 Å². The molecule has 0 saturated heterocycles. The largest absolute Gasteiger partial charge is 0.489 e. The van der Waals surface area contributed by atoms with Gasteiger partial charge in [-0.2, -0.15) is 0 Å². The van der Waals surface area contributed by atoms with Gasteiger partial charge in [-0.05, 0) is 31.5 Å². The first-order chi connectivity index (χ1) is 6.99. The molecule has 0 aliphatic heterocycles. The average molecular weight is 227 g/mol. The molecule has 0 saturated carbocycles. The van der Waals surface area contributed by atoms with E-state index in [0.29, 0.717) is 17.2 Å². The summed E-state index contributed by atoms with van der Waals surface area (Å²) in [5, 5.41) is 7.73. The Morgan fingerprint density at radius 1 is 1.60 bits per heavy atom. The molecule has 0 spiro atoms. The smallest absolute Gasteiger partial charge is 0.138 e. The summed E-state index contributed by atoms with van der Waals surface area (Å²) in [7, 11) is 0. The summed E-state index contributed by atoms with van der Waals surface area (Å²) in [4.78, 5) is 0. The van der Waals surface area contributed by atoms with E-state index in [0.717, 1.165) is 5.56 Å². The molecule has 0 aliphatic rings. The highest BCUT2D eigenvalue weighted by Gasteiger charge is 2.08. The van der Waals surface area contributed by atoms with Crippen LogP contribution in [0.25, 0.3) is 0 Å². The maximum absolute atomic E-state index is 7.14. The molecule has 3 nitrogen and oxygen atoms in total. The van der Waals surface area contributed by atoms with Crippen molar-refractivity contribution in [2.75, 3.05) is 0 Å². The number of hydrogen-bond donors (Lipinski definition) is 2. The van der Waals surface area contributed by atoms with Gasteiger partial charge in [0.05, 0.1) is 10.9 Å². The number of halogens is 1. The SMILES string of the molecule is Cc1ccc(OC(C)CC(=N)N)c(Cl)c1. The molecule has 1 aromatic rings. The molecular formula is C11H15ClN2O. The molecule has 82 valence electrons. The van der Waals surface area contributed by atoms with Crippen molar-refractivity contribution < 1.29 is 4.74 Å². The first-order valence-electron chi connectivity index (χ1n) is 4.74. The third-order valence-corrected chi connectivity index (χ3v) is 2.22. The van der Waals surface area contributed by atoms with Crippen LogP contribution in [0.15, 0.2) is 18.2 Å². The number of hydrogen-bond acceptors (Lipinski definition) is 2. The Labute approximate surface area is 94.7 Å². The van der Waals surface area contributed by atoms with Crippen LogP contribution in [0.5, 0.6) is 5.75 Å². The highest BCUT2D eigenvalue weighted by Crippen LogP contribution is 2.26. The lowest BCUT2D eigenvalue weighted by molar-refractivity contribution is 0.229. The lowest BCUT2D eigenvalue weighted by Crippen LogP contribution is -2.21. The van der Waals surface area contributed by atoms with E-state index in [1.807, 2.05) is 32.0 Å². The fourth-order valence-electron chi connectivity index (χ4n) is 1.27. The number of aryl methyl sites for hydroxylation is 1. The second-order valence-corrected chi connectivity index (χ2v) is 4.00. The number of amidine groups is 1. The molecule has 0 amide bonds. The maximum Gasteiger partial charge on any atom is 0.138 e. The predicted molar refractivity (Wildman–Crippen MR) is 62.8 cm³/mol.